The van der Waals surface area contributed by atoms with Crippen molar-refractivity contribution in [2.75, 3.05) is 20.8 Å². The Morgan fingerprint density at radius 3 is 2.68 bits per heavy atom. The normalized spacial score (nSPS) is 12.0. The lowest BCUT2D eigenvalue weighted by atomic mass is 10.1. The molecule has 0 N–H and O–H groups in total. The predicted molar refractivity (Wildman–Crippen MR) is 71.5 cm³/mol. The molecule has 1 unspecified atom stereocenters. The van der Waals surface area contributed by atoms with Crippen LogP contribution in [0.3, 0.4) is 0 Å². The summed E-state index contributed by atoms with van der Waals surface area (Å²) in [4.78, 5) is 23.7. The molecule has 0 fully saturated rings. The van der Waals surface area contributed by atoms with Crippen LogP contribution >= 0.6 is 11.6 Å². The van der Waals surface area contributed by atoms with Crippen molar-refractivity contribution in [3.05, 3.63) is 38.9 Å². The van der Waals surface area contributed by atoms with Crippen molar-refractivity contribution < 1.29 is 14.5 Å². The van der Waals surface area contributed by atoms with E-state index in [1.165, 1.54) is 23.1 Å². The first-order chi connectivity index (χ1) is 8.88. The van der Waals surface area contributed by atoms with E-state index in [0.29, 0.717) is 12.2 Å². The van der Waals surface area contributed by atoms with Crippen LogP contribution in [0.25, 0.3) is 0 Å². The van der Waals surface area contributed by atoms with Crippen LogP contribution in [0.4, 0.5) is 5.69 Å². The molecule has 0 aliphatic heterocycles. The van der Waals surface area contributed by atoms with Crippen molar-refractivity contribution in [3.63, 3.8) is 0 Å². The molecule has 6 nitrogen and oxygen atoms in total. The third-order valence-electron chi connectivity index (χ3n) is 2.78. The Balaban J connectivity index is 2.95. The fourth-order valence-electron chi connectivity index (χ4n) is 1.54. The molecule has 104 valence electrons. The number of nitro groups is 1. The van der Waals surface area contributed by atoms with E-state index in [-0.39, 0.29) is 22.7 Å². The van der Waals surface area contributed by atoms with E-state index in [2.05, 4.69) is 0 Å². The second-order valence-corrected chi connectivity index (χ2v) is 4.55. The summed E-state index contributed by atoms with van der Waals surface area (Å²) >= 11 is 5.78. The van der Waals surface area contributed by atoms with Crippen molar-refractivity contribution in [1.82, 2.24) is 4.90 Å². The molecule has 0 bridgehead atoms. The van der Waals surface area contributed by atoms with E-state index < -0.39 is 4.92 Å². The van der Waals surface area contributed by atoms with Gasteiger partial charge in [-0.2, -0.15) is 0 Å². The highest BCUT2D eigenvalue weighted by molar-refractivity contribution is 6.33. The zero-order valence-electron chi connectivity index (χ0n) is 10.9. The number of carbonyl (C=O) groups is 1. The molecule has 0 aliphatic carbocycles. The summed E-state index contributed by atoms with van der Waals surface area (Å²) in [5, 5.41) is 10.6. The number of hydrogen-bond donors (Lipinski definition) is 0. The van der Waals surface area contributed by atoms with Crippen LogP contribution < -0.4 is 0 Å². The second kappa shape index (κ2) is 6.49. The summed E-state index contributed by atoms with van der Waals surface area (Å²) in [5.74, 6) is -0.263. The van der Waals surface area contributed by atoms with Gasteiger partial charge in [-0.25, -0.2) is 0 Å². The molecule has 7 heteroatoms. The number of rotatable bonds is 5. The highest BCUT2D eigenvalue weighted by Gasteiger charge is 2.20. The first-order valence-corrected chi connectivity index (χ1v) is 5.96. The van der Waals surface area contributed by atoms with Gasteiger partial charge in [-0.15, -0.1) is 0 Å². The molecule has 1 aromatic rings. The molecule has 1 rings (SSSR count). The lowest BCUT2D eigenvalue weighted by Gasteiger charge is -2.24. The molecule has 0 aromatic heterocycles. The summed E-state index contributed by atoms with van der Waals surface area (Å²) < 4.78 is 4.98. The zero-order chi connectivity index (χ0) is 14.6. The summed E-state index contributed by atoms with van der Waals surface area (Å²) in [6.45, 7) is 2.25. The highest BCUT2D eigenvalue weighted by Crippen LogP contribution is 2.25. The maximum atomic E-state index is 12.1. The monoisotopic (exact) mass is 286 g/mol. The van der Waals surface area contributed by atoms with E-state index in [1.807, 2.05) is 6.92 Å². The summed E-state index contributed by atoms with van der Waals surface area (Å²) in [5.41, 5.74) is 0.0897. The predicted octanol–water partition coefficient (Wildman–Crippen LogP) is 2.36. The molecule has 0 saturated carbocycles. The van der Waals surface area contributed by atoms with Gasteiger partial charge < -0.3 is 9.64 Å². The lowest BCUT2D eigenvalue weighted by Crippen LogP contribution is -2.37. The van der Waals surface area contributed by atoms with Gasteiger partial charge in [0.15, 0.2) is 0 Å². The van der Waals surface area contributed by atoms with Crippen LogP contribution in [0.2, 0.25) is 5.02 Å². The van der Waals surface area contributed by atoms with E-state index in [1.54, 1.807) is 14.2 Å². The van der Waals surface area contributed by atoms with Crippen LogP contribution in [-0.2, 0) is 4.74 Å². The number of hydrogen-bond acceptors (Lipinski definition) is 4. The SMILES string of the molecule is COCC(C)N(C)C(=O)c1ccc([N+](=O)[O-])c(Cl)c1. The van der Waals surface area contributed by atoms with E-state index in [0.717, 1.165) is 0 Å². The largest absolute Gasteiger partial charge is 0.383 e. The van der Waals surface area contributed by atoms with E-state index >= 15 is 0 Å². The molecular weight excluding hydrogens is 272 g/mol. The quantitative estimate of drug-likeness (QED) is 0.615. The summed E-state index contributed by atoms with van der Waals surface area (Å²) in [6.07, 6.45) is 0. The third-order valence-corrected chi connectivity index (χ3v) is 3.08. The molecular formula is C12H15ClN2O4. The number of likely N-dealkylation sites (N-methyl/N-ethyl adjacent to an activating group) is 1. The molecule has 0 spiro atoms. The highest BCUT2D eigenvalue weighted by atomic mass is 35.5. The first-order valence-electron chi connectivity index (χ1n) is 5.58. The van der Waals surface area contributed by atoms with Gasteiger partial charge in [-0.05, 0) is 19.1 Å². The lowest BCUT2D eigenvalue weighted by molar-refractivity contribution is -0.384. The number of ether oxygens (including phenoxy) is 1. The van der Waals surface area contributed by atoms with Gasteiger partial charge in [0.05, 0.1) is 17.6 Å². The number of benzene rings is 1. The van der Waals surface area contributed by atoms with Crippen molar-refractivity contribution in [2.45, 2.75) is 13.0 Å². The minimum atomic E-state index is -0.589. The summed E-state index contributed by atoms with van der Waals surface area (Å²) in [6, 6.07) is 3.82. The van der Waals surface area contributed by atoms with Gasteiger partial charge in [-0.1, -0.05) is 11.6 Å². The smallest absolute Gasteiger partial charge is 0.287 e. The number of nitro benzene ring substituents is 1. The molecule has 1 amide bonds. The van der Waals surface area contributed by atoms with E-state index in [4.69, 9.17) is 16.3 Å². The van der Waals surface area contributed by atoms with Crippen molar-refractivity contribution in [3.8, 4) is 0 Å². The Morgan fingerprint density at radius 2 is 2.21 bits per heavy atom. The Kier molecular flexibility index (Phi) is 5.26. The minimum absolute atomic E-state index is 0.0522. The Morgan fingerprint density at radius 1 is 1.58 bits per heavy atom. The Labute approximate surface area is 116 Å². The van der Waals surface area contributed by atoms with Gasteiger partial charge in [0.25, 0.3) is 11.6 Å². The first kappa shape index (κ1) is 15.4. The van der Waals surface area contributed by atoms with Crippen LogP contribution in [0, 0.1) is 10.1 Å². The third kappa shape index (κ3) is 3.65. The second-order valence-electron chi connectivity index (χ2n) is 4.14. The van der Waals surface area contributed by atoms with Gasteiger partial charge in [-0.3, -0.25) is 14.9 Å². The standard InChI is InChI=1S/C12H15ClN2O4/c1-8(7-19-3)14(2)12(16)9-4-5-11(15(17)18)10(13)6-9/h4-6,8H,7H2,1-3H3. The molecule has 0 saturated heterocycles. The van der Waals surface area contributed by atoms with Gasteiger partial charge in [0, 0.05) is 25.8 Å². The van der Waals surface area contributed by atoms with Crippen LogP contribution in [0.5, 0.6) is 0 Å². The molecule has 0 radical (unpaired) electrons. The van der Waals surface area contributed by atoms with Crippen LogP contribution in [0.15, 0.2) is 18.2 Å². The minimum Gasteiger partial charge on any atom is -0.383 e. The maximum absolute atomic E-state index is 12.1. The average Bonchev–Trinajstić information content (AvgIpc) is 2.36. The van der Waals surface area contributed by atoms with E-state index in [9.17, 15) is 14.9 Å². The maximum Gasteiger partial charge on any atom is 0.287 e. The van der Waals surface area contributed by atoms with Crippen molar-refractivity contribution in [1.29, 1.82) is 0 Å². The molecule has 1 atom stereocenters. The number of nitrogens with zero attached hydrogens (tertiary/aromatic N) is 2. The van der Waals surface area contributed by atoms with Gasteiger partial charge in [0.1, 0.15) is 5.02 Å². The van der Waals surface area contributed by atoms with Crippen molar-refractivity contribution >= 4 is 23.2 Å². The van der Waals surface area contributed by atoms with Crippen molar-refractivity contribution in [2.24, 2.45) is 0 Å². The van der Waals surface area contributed by atoms with Gasteiger partial charge in [0.2, 0.25) is 0 Å². The zero-order valence-corrected chi connectivity index (χ0v) is 11.7. The molecule has 19 heavy (non-hydrogen) atoms. The summed E-state index contributed by atoms with van der Waals surface area (Å²) in [7, 11) is 3.19. The fraction of sp³-hybridized carbons (Fsp3) is 0.417. The topological polar surface area (TPSA) is 72.7 Å². The Hall–Kier alpha value is -1.66. The fourth-order valence-corrected chi connectivity index (χ4v) is 1.79. The molecule has 0 heterocycles. The van der Waals surface area contributed by atoms with Crippen LogP contribution in [0.1, 0.15) is 17.3 Å². The van der Waals surface area contributed by atoms with Gasteiger partial charge >= 0.3 is 0 Å². The molecule has 0 aliphatic rings. The average molecular weight is 287 g/mol. The number of halogens is 1. The number of amides is 1. The molecule has 1 aromatic carbocycles. The Bertz CT molecular complexity index is 493. The number of carbonyl (C=O) groups excluding carboxylic acids is 1. The number of methoxy groups -OCH3 is 1. The van der Waals surface area contributed by atoms with Crippen LogP contribution in [-0.4, -0.2) is 42.5 Å².